The van der Waals surface area contributed by atoms with Crippen molar-refractivity contribution in [1.29, 1.82) is 0 Å². The largest absolute Gasteiger partial charge is 0.573 e. The highest BCUT2D eigenvalue weighted by Gasteiger charge is 2.32. The smallest absolute Gasteiger partial charge is 0.406 e. The van der Waals surface area contributed by atoms with E-state index in [1.54, 1.807) is 0 Å². The number of halogens is 3. The van der Waals surface area contributed by atoms with Gasteiger partial charge in [0, 0.05) is 19.2 Å². The van der Waals surface area contributed by atoms with Crippen LogP contribution >= 0.6 is 0 Å². The Kier molecular flexibility index (Phi) is 5.56. The van der Waals surface area contributed by atoms with Crippen LogP contribution < -0.4 is 4.74 Å². The first kappa shape index (κ1) is 17.3. The van der Waals surface area contributed by atoms with E-state index in [4.69, 9.17) is 0 Å². The maximum atomic E-state index is 12.3. The third-order valence-electron chi connectivity index (χ3n) is 2.34. The van der Waals surface area contributed by atoms with Gasteiger partial charge < -0.3 is 4.74 Å². The Morgan fingerprint density at radius 1 is 1.19 bits per heavy atom. The van der Waals surface area contributed by atoms with E-state index in [-0.39, 0.29) is 18.0 Å². The van der Waals surface area contributed by atoms with Gasteiger partial charge in [-0.1, -0.05) is 18.2 Å². The van der Waals surface area contributed by atoms with Gasteiger partial charge in [0.15, 0.2) is 0 Å². The third-order valence-corrected chi connectivity index (χ3v) is 4.17. The summed E-state index contributed by atoms with van der Waals surface area (Å²) in [5.74, 6) is -0.597. The summed E-state index contributed by atoms with van der Waals surface area (Å²) in [6.45, 7) is 6.91. The Morgan fingerprint density at radius 3 is 2.24 bits per heavy atom. The molecule has 1 rings (SSSR count). The van der Waals surface area contributed by atoms with Crippen molar-refractivity contribution in [3.63, 3.8) is 0 Å². The molecule has 0 aliphatic heterocycles. The number of rotatable bonds is 7. The van der Waals surface area contributed by atoms with Crippen LogP contribution in [0.1, 0.15) is 0 Å². The van der Waals surface area contributed by atoms with E-state index in [0.29, 0.717) is 0 Å². The average molecular weight is 321 g/mol. The van der Waals surface area contributed by atoms with Gasteiger partial charge in [-0.3, -0.25) is 0 Å². The molecular formula is C13H14F3NO3S. The summed E-state index contributed by atoms with van der Waals surface area (Å²) in [5.41, 5.74) is 0. The Bertz CT molecular complexity index is 601. The van der Waals surface area contributed by atoms with E-state index in [0.717, 1.165) is 16.4 Å². The molecule has 0 atom stereocenters. The van der Waals surface area contributed by atoms with Gasteiger partial charge in [0.25, 0.3) is 0 Å². The first-order valence-electron chi connectivity index (χ1n) is 5.78. The topological polar surface area (TPSA) is 46.6 Å². The Morgan fingerprint density at radius 2 is 1.76 bits per heavy atom. The van der Waals surface area contributed by atoms with Crippen molar-refractivity contribution in [2.75, 3.05) is 13.1 Å². The fraction of sp³-hybridized carbons (Fsp3) is 0.231. The molecule has 0 heterocycles. The first-order chi connectivity index (χ1) is 9.70. The van der Waals surface area contributed by atoms with Crippen LogP contribution in [0.3, 0.4) is 0 Å². The number of hydrogen-bond acceptors (Lipinski definition) is 3. The van der Waals surface area contributed by atoms with Crippen LogP contribution in [0.15, 0.2) is 54.5 Å². The van der Waals surface area contributed by atoms with Gasteiger partial charge >= 0.3 is 6.36 Å². The van der Waals surface area contributed by atoms with Crippen molar-refractivity contribution < 1.29 is 26.3 Å². The molecule has 0 N–H and O–H groups in total. The Labute approximate surface area is 121 Å². The zero-order chi connectivity index (χ0) is 16.1. The molecule has 0 aliphatic rings. The lowest BCUT2D eigenvalue weighted by Gasteiger charge is -2.19. The molecule has 0 unspecified atom stereocenters. The van der Waals surface area contributed by atoms with Crippen LogP contribution in [0.2, 0.25) is 0 Å². The molecule has 0 bridgehead atoms. The van der Waals surface area contributed by atoms with Crippen LogP contribution in [-0.4, -0.2) is 32.2 Å². The summed E-state index contributed by atoms with van der Waals surface area (Å²) >= 11 is 0. The van der Waals surface area contributed by atoms with Gasteiger partial charge in [-0.2, -0.15) is 4.31 Å². The molecule has 0 aliphatic carbocycles. The highest BCUT2D eigenvalue weighted by atomic mass is 32.2. The number of nitrogens with zero attached hydrogens (tertiary/aromatic N) is 1. The van der Waals surface area contributed by atoms with Crippen molar-refractivity contribution in [3.8, 4) is 5.75 Å². The summed E-state index contributed by atoms with van der Waals surface area (Å²) in [5, 5.41) is 0. The van der Waals surface area contributed by atoms with Crippen LogP contribution in [0.5, 0.6) is 5.75 Å². The van der Waals surface area contributed by atoms with Crippen molar-refractivity contribution >= 4 is 10.0 Å². The minimum absolute atomic E-state index is 0.0126. The Hall–Kier alpha value is -1.80. The highest BCUT2D eigenvalue weighted by molar-refractivity contribution is 7.89. The van der Waals surface area contributed by atoms with Crippen LogP contribution in [0, 0.1) is 0 Å². The standard InChI is InChI=1S/C13H14F3NO3S/c1-3-8-17(9-4-2)21(18,19)12-7-5-6-11(10-12)20-13(14,15)16/h3-7,10H,1-2,8-9H2. The molecule has 0 radical (unpaired) electrons. The summed E-state index contributed by atoms with van der Waals surface area (Å²) < 4.78 is 65.9. The lowest BCUT2D eigenvalue weighted by molar-refractivity contribution is -0.274. The maximum absolute atomic E-state index is 12.3. The van der Waals surface area contributed by atoms with Crippen molar-refractivity contribution in [1.82, 2.24) is 4.31 Å². The molecule has 4 nitrogen and oxygen atoms in total. The maximum Gasteiger partial charge on any atom is 0.573 e. The molecule has 0 aromatic heterocycles. The molecule has 0 amide bonds. The molecule has 1 aromatic rings. The van der Waals surface area contributed by atoms with Crippen LogP contribution in [-0.2, 0) is 10.0 Å². The van der Waals surface area contributed by atoms with E-state index in [2.05, 4.69) is 17.9 Å². The fourth-order valence-electron chi connectivity index (χ4n) is 1.54. The van der Waals surface area contributed by atoms with Crippen LogP contribution in [0.4, 0.5) is 13.2 Å². The lowest BCUT2D eigenvalue weighted by Crippen LogP contribution is -2.31. The molecule has 116 valence electrons. The van der Waals surface area contributed by atoms with E-state index in [1.165, 1.54) is 24.3 Å². The normalized spacial score (nSPS) is 12.2. The Balaban J connectivity index is 3.15. The van der Waals surface area contributed by atoms with E-state index < -0.39 is 22.1 Å². The molecule has 21 heavy (non-hydrogen) atoms. The SMILES string of the molecule is C=CCN(CC=C)S(=O)(=O)c1cccc(OC(F)(F)F)c1. The van der Waals surface area contributed by atoms with Gasteiger partial charge in [-0.25, -0.2) is 8.42 Å². The molecule has 0 saturated heterocycles. The monoisotopic (exact) mass is 321 g/mol. The highest BCUT2D eigenvalue weighted by Crippen LogP contribution is 2.26. The molecule has 1 aromatic carbocycles. The first-order valence-corrected chi connectivity index (χ1v) is 7.22. The van der Waals surface area contributed by atoms with Crippen molar-refractivity contribution in [2.45, 2.75) is 11.3 Å². The van der Waals surface area contributed by atoms with Gasteiger partial charge in [-0.15, -0.1) is 26.3 Å². The van der Waals surface area contributed by atoms with E-state index in [1.807, 2.05) is 0 Å². The molecular weight excluding hydrogens is 307 g/mol. The molecule has 0 saturated carbocycles. The number of ether oxygens (including phenoxy) is 1. The van der Waals surface area contributed by atoms with Gasteiger partial charge in [0.05, 0.1) is 4.90 Å². The summed E-state index contributed by atoms with van der Waals surface area (Å²) in [6.07, 6.45) is -2.14. The number of alkyl halides is 3. The minimum atomic E-state index is -4.88. The van der Waals surface area contributed by atoms with Crippen molar-refractivity contribution in [2.24, 2.45) is 0 Å². The summed E-state index contributed by atoms with van der Waals surface area (Å²) in [4.78, 5) is -0.298. The summed E-state index contributed by atoms with van der Waals surface area (Å²) in [7, 11) is -3.96. The second kappa shape index (κ2) is 6.77. The predicted octanol–water partition coefficient (Wildman–Crippen LogP) is 2.95. The fourth-order valence-corrected chi connectivity index (χ4v) is 2.96. The zero-order valence-corrected chi connectivity index (χ0v) is 11.8. The second-order valence-electron chi connectivity index (χ2n) is 3.92. The zero-order valence-electron chi connectivity index (χ0n) is 11.0. The minimum Gasteiger partial charge on any atom is -0.406 e. The molecule has 8 heteroatoms. The van der Waals surface area contributed by atoms with Crippen molar-refractivity contribution in [3.05, 3.63) is 49.6 Å². The van der Waals surface area contributed by atoms with E-state index in [9.17, 15) is 21.6 Å². The quantitative estimate of drug-likeness (QED) is 0.726. The molecule has 0 spiro atoms. The van der Waals surface area contributed by atoms with Gasteiger partial charge in [0.1, 0.15) is 5.75 Å². The van der Waals surface area contributed by atoms with Crippen LogP contribution in [0.25, 0.3) is 0 Å². The summed E-state index contributed by atoms with van der Waals surface area (Å²) in [6, 6.07) is 4.21. The molecule has 0 fully saturated rings. The number of sulfonamides is 1. The second-order valence-corrected chi connectivity index (χ2v) is 5.86. The predicted molar refractivity (Wildman–Crippen MR) is 72.3 cm³/mol. The van der Waals surface area contributed by atoms with Gasteiger partial charge in [0.2, 0.25) is 10.0 Å². The number of benzene rings is 1. The third kappa shape index (κ3) is 4.91. The lowest BCUT2D eigenvalue weighted by atomic mass is 10.3. The number of hydrogen-bond donors (Lipinski definition) is 0. The average Bonchev–Trinajstić information content (AvgIpc) is 2.36. The van der Waals surface area contributed by atoms with E-state index >= 15 is 0 Å². The van der Waals surface area contributed by atoms with Gasteiger partial charge in [-0.05, 0) is 12.1 Å².